The van der Waals surface area contributed by atoms with Gasteiger partial charge in [-0.3, -0.25) is 0 Å². The van der Waals surface area contributed by atoms with Crippen molar-refractivity contribution in [1.82, 2.24) is 9.97 Å². The molecule has 164 valence electrons. The minimum atomic E-state index is -2.85. The molecule has 0 spiro atoms. The SMILES string of the molecule is CCCc1cnc(-c2ccc3c(F)c(CCc4ccc(OC(F)F)cc4)ccc3c2)nc1. The molecule has 0 saturated heterocycles. The second-order valence-corrected chi connectivity index (χ2v) is 7.66. The number of fused-ring (bicyclic) bond motifs is 1. The van der Waals surface area contributed by atoms with Gasteiger partial charge in [0.15, 0.2) is 5.82 Å². The highest BCUT2D eigenvalue weighted by molar-refractivity contribution is 5.87. The van der Waals surface area contributed by atoms with E-state index in [0.29, 0.717) is 29.6 Å². The second kappa shape index (κ2) is 9.81. The van der Waals surface area contributed by atoms with Crippen molar-refractivity contribution in [3.8, 4) is 17.1 Å². The van der Waals surface area contributed by atoms with Crippen LogP contribution in [-0.2, 0) is 19.3 Å². The highest BCUT2D eigenvalue weighted by Crippen LogP contribution is 2.27. The van der Waals surface area contributed by atoms with Crippen LogP contribution in [0.2, 0.25) is 0 Å². The summed E-state index contributed by atoms with van der Waals surface area (Å²) in [7, 11) is 0. The molecule has 0 saturated carbocycles. The zero-order valence-corrected chi connectivity index (χ0v) is 17.7. The number of alkyl halides is 2. The molecule has 0 amide bonds. The summed E-state index contributed by atoms with van der Waals surface area (Å²) in [6.07, 6.45) is 6.75. The van der Waals surface area contributed by atoms with Crippen LogP contribution in [0.15, 0.2) is 67.0 Å². The fraction of sp³-hybridized carbons (Fsp3) is 0.231. The predicted molar refractivity (Wildman–Crippen MR) is 119 cm³/mol. The van der Waals surface area contributed by atoms with E-state index in [0.717, 1.165) is 34.9 Å². The van der Waals surface area contributed by atoms with Gasteiger partial charge in [0.2, 0.25) is 0 Å². The third-order valence-corrected chi connectivity index (χ3v) is 5.37. The summed E-state index contributed by atoms with van der Waals surface area (Å²) < 4.78 is 44.0. The largest absolute Gasteiger partial charge is 0.435 e. The third kappa shape index (κ3) is 5.07. The molecule has 1 heterocycles. The van der Waals surface area contributed by atoms with Crippen molar-refractivity contribution in [1.29, 1.82) is 0 Å². The molecule has 0 unspecified atom stereocenters. The topological polar surface area (TPSA) is 35.0 Å². The van der Waals surface area contributed by atoms with Crippen molar-refractivity contribution in [2.75, 3.05) is 0 Å². The Balaban J connectivity index is 1.49. The van der Waals surface area contributed by atoms with Gasteiger partial charge < -0.3 is 4.74 Å². The lowest BCUT2D eigenvalue weighted by atomic mass is 9.99. The van der Waals surface area contributed by atoms with Gasteiger partial charge in [-0.15, -0.1) is 0 Å². The van der Waals surface area contributed by atoms with Gasteiger partial charge in [-0.1, -0.05) is 49.7 Å². The number of nitrogens with zero attached hydrogens (tertiary/aromatic N) is 2. The van der Waals surface area contributed by atoms with Gasteiger partial charge in [0.05, 0.1) is 0 Å². The Bertz CT molecular complexity index is 1190. The molecule has 3 nitrogen and oxygen atoms in total. The Hall–Kier alpha value is -3.41. The number of hydrogen-bond donors (Lipinski definition) is 0. The minimum Gasteiger partial charge on any atom is -0.435 e. The first-order chi connectivity index (χ1) is 15.5. The van der Waals surface area contributed by atoms with Crippen LogP contribution < -0.4 is 4.74 Å². The molecule has 0 aliphatic heterocycles. The number of hydrogen-bond acceptors (Lipinski definition) is 3. The van der Waals surface area contributed by atoms with Crippen LogP contribution in [0.25, 0.3) is 22.2 Å². The zero-order chi connectivity index (χ0) is 22.5. The van der Waals surface area contributed by atoms with E-state index in [2.05, 4.69) is 21.6 Å². The maximum Gasteiger partial charge on any atom is 0.387 e. The number of aromatic nitrogens is 2. The average Bonchev–Trinajstić information content (AvgIpc) is 2.80. The molecule has 0 atom stereocenters. The van der Waals surface area contributed by atoms with E-state index in [-0.39, 0.29) is 11.6 Å². The van der Waals surface area contributed by atoms with Crippen molar-refractivity contribution in [3.63, 3.8) is 0 Å². The van der Waals surface area contributed by atoms with Gasteiger partial charge >= 0.3 is 6.61 Å². The first-order valence-electron chi connectivity index (χ1n) is 10.6. The van der Waals surface area contributed by atoms with Crippen LogP contribution in [0.3, 0.4) is 0 Å². The van der Waals surface area contributed by atoms with Crippen LogP contribution in [0.1, 0.15) is 30.0 Å². The van der Waals surface area contributed by atoms with E-state index >= 15 is 4.39 Å². The first-order valence-corrected chi connectivity index (χ1v) is 10.6. The van der Waals surface area contributed by atoms with E-state index in [1.165, 1.54) is 12.1 Å². The lowest BCUT2D eigenvalue weighted by Crippen LogP contribution is -2.02. The number of aryl methyl sites for hydroxylation is 3. The molecule has 3 aromatic carbocycles. The van der Waals surface area contributed by atoms with Crippen LogP contribution in [0.5, 0.6) is 5.75 Å². The molecule has 6 heteroatoms. The highest BCUT2D eigenvalue weighted by atomic mass is 19.3. The Morgan fingerprint density at radius 1 is 0.844 bits per heavy atom. The molecule has 0 aliphatic rings. The summed E-state index contributed by atoms with van der Waals surface area (Å²) in [5, 5.41) is 1.34. The van der Waals surface area contributed by atoms with Gasteiger partial charge in [-0.25, -0.2) is 14.4 Å². The monoisotopic (exact) mass is 436 g/mol. The fourth-order valence-electron chi connectivity index (χ4n) is 3.71. The van der Waals surface area contributed by atoms with Gasteiger partial charge in [-0.05, 0) is 59.5 Å². The van der Waals surface area contributed by atoms with Crippen molar-refractivity contribution >= 4 is 10.8 Å². The summed E-state index contributed by atoms with van der Waals surface area (Å²) in [5.41, 5.74) is 3.48. The molecule has 0 fully saturated rings. The van der Waals surface area contributed by atoms with Gasteiger partial charge in [0, 0.05) is 23.3 Å². The van der Waals surface area contributed by atoms with Crippen LogP contribution in [0, 0.1) is 5.82 Å². The van der Waals surface area contributed by atoms with E-state index in [1.54, 1.807) is 24.3 Å². The predicted octanol–water partition coefficient (Wildman–Crippen LogP) is 6.78. The van der Waals surface area contributed by atoms with E-state index in [9.17, 15) is 8.78 Å². The molecule has 1 aromatic heterocycles. The molecule has 0 aliphatic carbocycles. The Labute approximate surface area is 184 Å². The number of rotatable bonds is 8. The van der Waals surface area contributed by atoms with Gasteiger partial charge in [0.25, 0.3) is 0 Å². The molecule has 0 N–H and O–H groups in total. The van der Waals surface area contributed by atoms with Crippen LogP contribution in [-0.4, -0.2) is 16.6 Å². The summed E-state index contributed by atoms with van der Waals surface area (Å²) in [5.74, 6) is 0.488. The van der Waals surface area contributed by atoms with Crippen LogP contribution >= 0.6 is 0 Å². The van der Waals surface area contributed by atoms with Gasteiger partial charge in [-0.2, -0.15) is 8.78 Å². The quantitative estimate of drug-likeness (QED) is 0.306. The summed E-state index contributed by atoms with van der Waals surface area (Å²) in [6, 6.07) is 15.6. The Morgan fingerprint density at radius 2 is 1.59 bits per heavy atom. The smallest absolute Gasteiger partial charge is 0.387 e. The average molecular weight is 436 g/mol. The normalized spacial score (nSPS) is 11.3. The van der Waals surface area contributed by atoms with E-state index in [4.69, 9.17) is 0 Å². The zero-order valence-electron chi connectivity index (χ0n) is 17.7. The van der Waals surface area contributed by atoms with E-state index < -0.39 is 6.61 Å². The molecular formula is C26H23F3N2O. The minimum absolute atomic E-state index is 0.112. The third-order valence-electron chi connectivity index (χ3n) is 5.37. The second-order valence-electron chi connectivity index (χ2n) is 7.66. The highest BCUT2D eigenvalue weighted by Gasteiger charge is 2.11. The van der Waals surface area contributed by atoms with Crippen LogP contribution in [0.4, 0.5) is 13.2 Å². The number of ether oxygens (including phenoxy) is 1. The van der Waals surface area contributed by atoms with Gasteiger partial charge in [0.1, 0.15) is 11.6 Å². The van der Waals surface area contributed by atoms with E-state index in [1.807, 2.05) is 30.6 Å². The maximum absolute atomic E-state index is 15.1. The van der Waals surface area contributed by atoms with Crippen molar-refractivity contribution in [2.45, 2.75) is 39.2 Å². The summed E-state index contributed by atoms with van der Waals surface area (Å²) in [6.45, 7) is -0.734. The molecule has 4 rings (SSSR count). The Kier molecular flexibility index (Phi) is 6.69. The number of benzene rings is 3. The maximum atomic E-state index is 15.1. The van der Waals surface area contributed by atoms with Crippen molar-refractivity contribution in [2.24, 2.45) is 0 Å². The van der Waals surface area contributed by atoms with Crippen molar-refractivity contribution < 1.29 is 17.9 Å². The Morgan fingerprint density at radius 3 is 2.28 bits per heavy atom. The lowest BCUT2D eigenvalue weighted by molar-refractivity contribution is -0.0498. The summed E-state index contributed by atoms with van der Waals surface area (Å²) >= 11 is 0. The molecular weight excluding hydrogens is 413 g/mol. The fourth-order valence-corrected chi connectivity index (χ4v) is 3.71. The number of halogens is 3. The molecule has 0 bridgehead atoms. The lowest BCUT2D eigenvalue weighted by Gasteiger charge is -2.09. The molecule has 4 aromatic rings. The standard InChI is InChI=1S/C26H23F3N2O/c1-2-3-18-15-30-25(31-16-18)21-10-13-23-20(14-21)9-8-19(24(23)27)7-4-17-5-11-22(12-6-17)32-26(28)29/h5-6,8-16,26H,2-4,7H2,1H3. The molecule has 32 heavy (non-hydrogen) atoms. The van der Waals surface area contributed by atoms with Crippen molar-refractivity contribution in [3.05, 3.63) is 89.5 Å². The molecule has 0 radical (unpaired) electrons. The summed E-state index contributed by atoms with van der Waals surface area (Å²) in [4.78, 5) is 8.89. The first kappa shape index (κ1) is 21.8.